The fourth-order valence-electron chi connectivity index (χ4n) is 2.61. The highest BCUT2D eigenvalue weighted by molar-refractivity contribution is 8.19. The third-order valence-electron chi connectivity index (χ3n) is 4.13. The largest absolute Gasteiger partial charge is 0.286 e. The van der Waals surface area contributed by atoms with Crippen LogP contribution in [0.15, 0.2) is 68.8 Å². The number of benzene rings is 2. The maximum absolute atomic E-state index is 12.7. The Balaban J connectivity index is 1.94. The van der Waals surface area contributed by atoms with Gasteiger partial charge in [-0.3, -0.25) is 9.69 Å². The molecular formula is C20H20N2O3S2. The van der Waals surface area contributed by atoms with Gasteiger partial charge in [-0.1, -0.05) is 49.4 Å². The highest BCUT2D eigenvalue weighted by Gasteiger charge is 2.33. The van der Waals surface area contributed by atoms with Crippen molar-refractivity contribution in [2.24, 2.45) is 4.40 Å². The smallest absolute Gasteiger partial charge is 0.284 e. The number of hydrogen-bond donors (Lipinski definition) is 0. The summed E-state index contributed by atoms with van der Waals surface area (Å²) < 4.78 is 29.3. The minimum absolute atomic E-state index is 0.122. The van der Waals surface area contributed by atoms with Gasteiger partial charge in [0.25, 0.3) is 15.9 Å². The molecule has 1 saturated heterocycles. The molecule has 0 bridgehead atoms. The predicted molar refractivity (Wildman–Crippen MR) is 110 cm³/mol. The van der Waals surface area contributed by atoms with Crippen LogP contribution in [0.1, 0.15) is 25.0 Å². The fourth-order valence-corrected chi connectivity index (χ4v) is 4.85. The molecule has 7 heteroatoms. The van der Waals surface area contributed by atoms with E-state index in [1.54, 1.807) is 37.3 Å². The van der Waals surface area contributed by atoms with E-state index >= 15 is 0 Å². The zero-order chi connectivity index (χ0) is 19.4. The first-order valence-electron chi connectivity index (χ1n) is 8.65. The van der Waals surface area contributed by atoms with E-state index in [2.05, 4.69) is 4.40 Å². The van der Waals surface area contributed by atoms with E-state index in [1.165, 1.54) is 4.90 Å². The fraction of sp³-hybridized carbons (Fsp3) is 0.200. The first kappa shape index (κ1) is 19.4. The second-order valence-electron chi connectivity index (χ2n) is 5.92. The van der Waals surface area contributed by atoms with Gasteiger partial charge in [0.05, 0.1) is 9.80 Å². The van der Waals surface area contributed by atoms with Crippen LogP contribution in [0.4, 0.5) is 0 Å². The van der Waals surface area contributed by atoms with Gasteiger partial charge in [-0.15, -0.1) is 4.40 Å². The third kappa shape index (κ3) is 4.31. The van der Waals surface area contributed by atoms with Crippen LogP contribution in [0.5, 0.6) is 0 Å². The summed E-state index contributed by atoms with van der Waals surface area (Å²) in [5, 5.41) is 0.184. The summed E-state index contributed by atoms with van der Waals surface area (Å²) in [5.41, 5.74) is 1.93. The number of hydrogen-bond acceptors (Lipinski definition) is 4. The average molecular weight is 401 g/mol. The topological polar surface area (TPSA) is 66.8 Å². The number of likely N-dealkylation sites (N-methyl/N-ethyl adjacent to an activating group) is 1. The summed E-state index contributed by atoms with van der Waals surface area (Å²) in [7, 11) is -3.89. The molecule has 5 nitrogen and oxygen atoms in total. The van der Waals surface area contributed by atoms with E-state index in [0.29, 0.717) is 11.4 Å². The first-order chi connectivity index (χ1) is 12.9. The molecule has 1 aliphatic heterocycles. The monoisotopic (exact) mass is 400 g/mol. The summed E-state index contributed by atoms with van der Waals surface area (Å²) in [5.74, 6) is -0.235. The molecule has 1 fully saturated rings. The number of carbonyl (C=O) groups is 1. The Morgan fingerprint density at radius 3 is 2.30 bits per heavy atom. The molecule has 1 heterocycles. The summed E-state index contributed by atoms with van der Waals surface area (Å²) in [6.07, 6.45) is 2.58. The quantitative estimate of drug-likeness (QED) is 0.713. The lowest BCUT2D eigenvalue weighted by Gasteiger charge is -2.12. The van der Waals surface area contributed by atoms with Crippen LogP contribution in [0.2, 0.25) is 0 Å². The molecule has 140 valence electrons. The third-order valence-corrected chi connectivity index (χ3v) is 6.53. The predicted octanol–water partition coefficient (Wildman–Crippen LogP) is 3.93. The molecule has 2 aromatic carbocycles. The molecule has 0 N–H and O–H groups in total. The van der Waals surface area contributed by atoms with Gasteiger partial charge < -0.3 is 0 Å². The van der Waals surface area contributed by atoms with Gasteiger partial charge >= 0.3 is 0 Å². The maximum atomic E-state index is 12.7. The van der Waals surface area contributed by atoms with E-state index in [0.717, 1.165) is 29.3 Å². The molecule has 1 amide bonds. The van der Waals surface area contributed by atoms with Crippen molar-refractivity contribution in [2.75, 3.05) is 6.54 Å². The number of aryl methyl sites for hydroxylation is 1. The minimum atomic E-state index is -3.89. The molecule has 0 aromatic heterocycles. The Bertz CT molecular complexity index is 995. The van der Waals surface area contributed by atoms with Crippen LogP contribution in [0.25, 0.3) is 6.08 Å². The van der Waals surface area contributed by atoms with E-state index < -0.39 is 10.0 Å². The van der Waals surface area contributed by atoms with Crippen LogP contribution in [0.3, 0.4) is 0 Å². The zero-order valence-corrected chi connectivity index (χ0v) is 16.8. The number of carbonyl (C=O) groups excluding carboxylic acids is 1. The SMILES string of the molecule is CCc1ccc(S(=O)(=O)N=C2SC(=Cc3ccccc3)C(=O)N2CC)cc1. The standard InChI is InChI=1S/C20H20N2O3S2/c1-3-15-10-12-17(13-11-15)27(24,25)21-20-22(4-2)19(23)18(26-20)14-16-8-6-5-7-9-16/h5-14H,3-4H2,1-2H3. The highest BCUT2D eigenvalue weighted by Crippen LogP contribution is 2.33. The lowest BCUT2D eigenvalue weighted by atomic mass is 10.2. The lowest BCUT2D eigenvalue weighted by molar-refractivity contribution is -0.122. The van der Waals surface area contributed by atoms with Crippen molar-refractivity contribution >= 4 is 38.9 Å². The van der Waals surface area contributed by atoms with Crippen molar-refractivity contribution < 1.29 is 13.2 Å². The summed E-state index contributed by atoms with van der Waals surface area (Å²) >= 11 is 1.08. The number of sulfonamides is 1. The highest BCUT2D eigenvalue weighted by atomic mass is 32.2. The number of thioether (sulfide) groups is 1. The van der Waals surface area contributed by atoms with Crippen molar-refractivity contribution in [3.8, 4) is 0 Å². The lowest BCUT2D eigenvalue weighted by Crippen LogP contribution is -2.29. The van der Waals surface area contributed by atoms with E-state index in [9.17, 15) is 13.2 Å². The Morgan fingerprint density at radius 2 is 1.70 bits per heavy atom. The van der Waals surface area contributed by atoms with Crippen LogP contribution < -0.4 is 0 Å². The number of rotatable bonds is 5. The summed E-state index contributed by atoms with van der Waals surface area (Å²) in [4.78, 5) is 14.6. The van der Waals surface area contributed by atoms with Gasteiger partial charge in [0.2, 0.25) is 0 Å². The van der Waals surface area contributed by atoms with Crippen LogP contribution in [0, 0.1) is 0 Å². The Kier molecular flexibility index (Phi) is 5.82. The van der Waals surface area contributed by atoms with Gasteiger partial charge in [-0.2, -0.15) is 8.42 Å². The molecule has 0 spiro atoms. The number of amidine groups is 1. The first-order valence-corrected chi connectivity index (χ1v) is 10.9. The molecule has 3 rings (SSSR count). The van der Waals surface area contributed by atoms with Gasteiger partial charge in [0.15, 0.2) is 5.17 Å². The van der Waals surface area contributed by atoms with Crippen molar-refractivity contribution in [3.63, 3.8) is 0 Å². The van der Waals surface area contributed by atoms with Gasteiger partial charge in [0.1, 0.15) is 0 Å². The van der Waals surface area contributed by atoms with Gasteiger partial charge in [-0.25, -0.2) is 0 Å². The normalized spacial score (nSPS) is 17.9. The molecule has 0 atom stereocenters. The van der Waals surface area contributed by atoms with Crippen LogP contribution in [-0.4, -0.2) is 30.9 Å². The Morgan fingerprint density at radius 1 is 1.04 bits per heavy atom. The van der Waals surface area contributed by atoms with E-state index in [1.807, 2.05) is 37.3 Å². The molecule has 1 aliphatic rings. The van der Waals surface area contributed by atoms with E-state index in [-0.39, 0.29) is 16.0 Å². The number of nitrogens with zero attached hydrogens (tertiary/aromatic N) is 2. The van der Waals surface area contributed by atoms with Gasteiger partial charge in [0, 0.05) is 6.54 Å². The number of amides is 1. The van der Waals surface area contributed by atoms with E-state index in [4.69, 9.17) is 0 Å². The molecule has 0 aliphatic carbocycles. The van der Waals surface area contributed by atoms with Crippen LogP contribution in [-0.2, 0) is 21.2 Å². The molecular weight excluding hydrogens is 380 g/mol. The molecule has 2 aromatic rings. The van der Waals surface area contributed by atoms with Crippen molar-refractivity contribution in [2.45, 2.75) is 25.2 Å². The maximum Gasteiger partial charge on any atom is 0.284 e. The van der Waals surface area contributed by atoms with Crippen LogP contribution >= 0.6 is 11.8 Å². The Hall–Kier alpha value is -2.38. The molecule has 27 heavy (non-hydrogen) atoms. The summed E-state index contributed by atoms with van der Waals surface area (Å²) in [6.45, 7) is 4.15. The molecule has 0 unspecified atom stereocenters. The Labute approximate surface area is 163 Å². The van der Waals surface area contributed by atoms with Crippen molar-refractivity contribution in [1.29, 1.82) is 0 Å². The second-order valence-corrected chi connectivity index (χ2v) is 8.53. The van der Waals surface area contributed by atoms with Gasteiger partial charge in [-0.05, 0) is 54.4 Å². The average Bonchev–Trinajstić information content (AvgIpc) is 2.96. The summed E-state index contributed by atoms with van der Waals surface area (Å²) in [6, 6.07) is 16.1. The molecule has 0 saturated carbocycles. The van der Waals surface area contributed by atoms with Crippen molar-refractivity contribution in [1.82, 2.24) is 4.90 Å². The van der Waals surface area contributed by atoms with Crippen molar-refractivity contribution in [3.05, 3.63) is 70.6 Å². The minimum Gasteiger partial charge on any atom is -0.286 e. The molecule has 0 radical (unpaired) electrons. The zero-order valence-electron chi connectivity index (χ0n) is 15.1. The second kappa shape index (κ2) is 8.10.